The van der Waals surface area contributed by atoms with Crippen molar-refractivity contribution in [3.8, 4) is 0 Å². The average molecular weight is 303 g/mol. The molecule has 0 saturated carbocycles. The molecule has 0 aromatic heterocycles. The highest BCUT2D eigenvalue weighted by atomic mass is 35.5. The van der Waals surface area contributed by atoms with Gasteiger partial charge in [0.1, 0.15) is 0 Å². The number of carbonyl (C=O) groups is 1. The Morgan fingerprint density at radius 1 is 1.14 bits per heavy atom. The van der Waals surface area contributed by atoms with Gasteiger partial charge < -0.3 is 10.6 Å². The summed E-state index contributed by atoms with van der Waals surface area (Å²) in [5.41, 5.74) is 4.27. The van der Waals surface area contributed by atoms with Gasteiger partial charge in [-0.15, -0.1) is 0 Å². The van der Waals surface area contributed by atoms with Gasteiger partial charge in [0.25, 0.3) is 5.91 Å². The molecule has 0 aliphatic heterocycles. The fourth-order valence-electron chi connectivity index (χ4n) is 2.14. The lowest BCUT2D eigenvalue weighted by atomic mass is 10.1. The number of amides is 1. The number of benzene rings is 2. The van der Waals surface area contributed by atoms with Crippen molar-refractivity contribution in [3.05, 3.63) is 58.1 Å². The van der Waals surface area contributed by atoms with Crippen LogP contribution in [0.3, 0.4) is 0 Å². The third-order valence-corrected chi connectivity index (χ3v) is 3.54. The Labute approximate surface area is 130 Å². The fourth-order valence-corrected chi connectivity index (χ4v) is 2.43. The van der Waals surface area contributed by atoms with E-state index in [2.05, 4.69) is 10.6 Å². The highest BCUT2D eigenvalue weighted by Crippen LogP contribution is 2.24. The molecule has 3 nitrogen and oxygen atoms in total. The molecule has 110 valence electrons. The van der Waals surface area contributed by atoms with Crippen molar-refractivity contribution in [2.75, 3.05) is 17.2 Å². The Morgan fingerprint density at radius 2 is 1.90 bits per heavy atom. The molecule has 0 heterocycles. The quantitative estimate of drug-likeness (QED) is 0.863. The fraction of sp³-hybridized carbons (Fsp3) is 0.235. The highest BCUT2D eigenvalue weighted by molar-refractivity contribution is 6.34. The van der Waals surface area contributed by atoms with E-state index >= 15 is 0 Å². The van der Waals surface area contributed by atoms with Crippen LogP contribution in [-0.4, -0.2) is 12.5 Å². The van der Waals surface area contributed by atoms with Crippen LogP contribution in [0.4, 0.5) is 11.4 Å². The summed E-state index contributed by atoms with van der Waals surface area (Å²) in [6.45, 7) is 6.77. The predicted molar refractivity (Wildman–Crippen MR) is 89.5 cm³/mol. The van der Waals surface area contributed by atoms with Crippen LogP contribution in [0.1, 0.15) is 28.4 Å². The van der Waals surface area contributed by atoms with Gasteiger partial charge in [0.05, 0.1) is 10.7 Å². The third-order valence-electron chi connectivity index (χ3n) is 3.22. The van der Waals surface area contributed by atoms with Gasteiger partial charge >= 0.3 is 0 Å². The highest BCUT2D eigenvalue weighted by Gasteiger charge is 2.11. The summed E-state index contributed by atoms with van der Waals surface area (Å²) in [4.78, 5) is 12.4. The number of aryl methyl sites for hydroxylation is 2. The smallest absolute Gasteiger partial charge is 0.255 e. The van der Waals surface area contributed by atoms with E-state index in [9.17, 15) is 4.79 Å². The summed E-state index contributed by atoms with van der Waals surface area (Å²) >= 11 is 6.14. The number of hydrogen-bond donors (Lipinski definition) is 2. The topological polar surface area (TPSA) is 41.1 Å². The van der Waals surface area contributed by atoms with Gasteiger partial charge in [-0.25, -0.2) is 0 Å². The molecule has 2 rings (SSSR count). The number of anilines is 2. The minimum atomic E-state index is -0.152. The molecule has 0 bridgehead atoms. The number of nitrogens with one attached hydrogen (secondary N) is 2. The number of rotatable bonds is 4. The van der Waals surface area contributed by atoms with Gasteiger partial charge in [0, 0.05) is 17.8 Å². The zero-order valence-corrected chi connectivity index (χ0v) is 13.2. The maximum absolute atomic E-state index is 12.4. The maximum Gasteiger partial charge on any atom is 0.255 e. The molecule has 0 unspecified atom stereocenters. The third kappa shape index (κ3) is 3.76. The van der Waals surface area contributed by atoms with Crippen LogP contribution in [0, 0.1) is 13.8 Å². The number of halogens is 1. The zero-order chi connectivity index (χ0) is 15.4. The summed E-state index contributed by atoms with van der Waals surface area (Å²) in [5.74, 6) is -0.152. The molecule has 0 aliphatic carbocycles. The van der Waals surface area contributed by atoms with E-state index in [1.807, 2.05) is 57.2 Å². The Bertz CT molecular complexity index is 668. The van der Waals surface area contributed by atoms with Gasteiger partial charge in [-0.3, -0.25) is 4.79 Å². The second kappa shape index (κ2) is 6.64. The first-order valence-corrected chi connectivity index (χ1v) is 7.31. The Hall–Kier alpha value is -2.00. The van der Waals surface area contributed by atoms with Crippen molar-refractivity contribution in [2.45, 2.75) is 20.8 Å². The molecule has 2 N–H and O–H groups in total. The first kappa shape index (κ1) is 15.4. The van der Waals surface area contributed by atoms with Crippen molar-refractivity contribution in [1.29, 1.82) is 0 Å². The van der Waals surface area contributed by atoms with Crippen LogP contribution >= 0.6 is 11.6 Å². The molecule has 0 spiro atoms. The van der Waals surface area contributed by atoms with Crippen molar-refractivity contribution < 1.29 is 4.79 Å². The molecule has 2 aromatic rings. The van der Waals surface area contributed by atoms with Crippen LogP contribution in [0.5, 0.6) is 0 Å². The summed E-state index contributed by atoms with van der Waals surface area (Å²) in [5, 5.41) is 6.63. The van der Waals surface area contributed by atoms with Crippen LogP contribution in [0.15, 0.2) is 36.4 Å². The Kier molecular flexibility index (Phi) is 4.86. The first-order valence-electron chi connectivity index (χ1n) is 6.93. The molecule has 0 atom stereocenters. The van der Waals surface area contributed by atoms with E-state index in [-0.39, 0.29) is 5.91 Å². The summed E-state index contributed by atoms with van der Waals surface area (Å²) in [6.07, 6.45) is 0. The van der Waals surface area contributed by atoms with E-state index in [4.69, 9.17) is 11.6 Å². The van der Waals surface area contributed by atoms with E-state index in [1.165, 1.54) is 0 Å². The van der Waals surface area contributed by atoms with Gasteiger partial charge in [0.15, 0.2) is 0 Å². The SMILES string of the molecule is CCNc1ccc(C(=O)Nc2ccc(C)cc2Cl)c(C)c1. The van der Waals surface area contributed by atoms with Crippen LogP contribution in [0.2, 0.25) is 5.02 Å². The number of carbonyl (C=O) groups excluding carboxylic acids is 1. The molecule has 0 aliphatic rings. The van der Waals surface area contributed by atoms with Gasteiger partial charge in [-0.2, -0.15) is 0 Å². The standard InChI is InChI=1S/C17H19ClN2O/c1-4-19-13-6-7-14(12(3)10-13)17(21)20-16-8-5-11(2)9-15(16)18/h5-10,19H,4H2,1-3H3,(H,20,21). The lowest BCUT2D eigenvalue weighted by molar-refractivity contribution is 0.102. The summed E-state index contributed by atoms with van der Waals surface area (Å²) in [7, 11) is 0. The molecule has 1 amide bonds. The van der Waals surface area contributed by atoms with Crippen molar-refractivity contribution in [2.24, 2.45) is 0 Å². The number of hydrogen-bond acceptors (Lipinski definition) is 2. The van der Waals surface area contributed by atoms with E-state index < -0.39 is 0 Å². The predicted octanol–water partition coefficient (Wildman–Crippen LogP) is 4.64. The minimum absolute atomic E-state index is 0.152. The van der Waals surface area contributed by atoms with Crippen molar-refractivity contribution in [3.63, 3.8) is 0 Å². The second-order valence-corrected chi connectivity index (χ2v) is 5.40. The minimum Gasteiger partial charge on any atom is -0.385 e. The second-order valence-electron chi connectivity index (χ2n) is 5.00. The largest absolute Gasteiger partial charge is 0.385 e. The summed E-state index contributed by atoms with van der Waals surface area (Å²) in [6, 6.07) is 11.3. The molecule has 21 heavy (non-hydrogen) atoms. The van der Waals surface area contributed by atoms with Crippen molar-refractivity contribution in [1.82, 2.24) is 0 Å². The zero-order valence-electron chi connectivity index (χ0n) is 12.5. The molecule has 0 radical (unpaired) electrons. The molecule has 2 aromatic carbocycles. The maximum atomic E-state index is 12.4. The normalized spacial score (nSPS) is 10.3. The van der Waals surface area contributed by atoms with Crippen LogP contribution < -0.4 is 10.6 Å². The molecule has 0 saturated heterocycles. The lowest BCUT2D eigenvalue weighted by Gasteiger charge is -2.11. The van der Waals surface area contributed by atoms with Crippen LogP contribution in [0.25, 0.3) is 0 Å². The molecule has 0 fully saturated rings. The van der Waals surface area contributed by atoms with Crippen LogP contribution in [-0.2, 0) is 0 Å². The van der Waals surface area contributed by atoms with E-state index in [1.54, 1.807) is 0 Å². The molecule has 4 heteroatoms. The van der Waals surface area contributed by atoms with Gasteiger partial charge in [-0.1, -0.05) is 17.7 Å². The molecular weight excluding hydrogens is 284 g/mol. The van der Waals surface area contributed by atoms with Gasteiger partial charge in [-0.05, 0) is 62.2 Å². The van der Waals surface area contributed by atoms with E-state index in [0.717, 1.165) is 23.4 Å². The average Bonchev–Trinajstić information content (AvgIpc) is 2.42. The Morgan fingerprint density at radius 3 is 2.52 bits per heavy atom. The lowest BCUT2D eigenvalue weighted by Crippen LogP contribution is -2.14. The monoisotopic (exact) mass is 302 g/mol. The van der Waals surface area contributed by atoms with Gasteiger partial charge in [0.2, 0.25) is 0 Å². The van der Waals surface area contributed by atoms with Crippen molar-refractivity contribution >= 4 is 28.9 Å². The Balaban J connectivity index is 2.20. The molecular formula is C17H19ClN2O. The first-order chi connectivity index (χ1) is 10.0. The summed E-state index contributed by atoms with van der Waals surface area (Å²) < 4.78 is 0. The van der Waals surface area contributed by atoms with E-state index in [0.29, 0.717) is 16.3 Å².